The summed E-state index contributed by atoms with van der Waals surface area (Å²) >= 11 is 0. The zero-order chi connectivity index (χ0) is 18.0. The predicted octanol–water partition coefficient (Wildman–Crippen LogP) is 2.45. The number of piperazine rings is 1. The Balaban J connectivity index is 1.64. The van der Waals surface area contributed by atoms with Crippen molar-refractivity contribution in [2.45, 2.75) is 13.5 Å². The molecule has 7 heteroatoms. The van der Waals surface area contributed by atoms with Crippen molar-refractivity contribution in [2.24, 2.45) is 0 Å². The van der Waals surface area contributed by atoms with Gasteiger partial charge >= 0.3 is 0 Å². The average molecular weight is 347 g/mol. The van der Waals surface area contributed by atoms with Crippen molar-refractivity contribution in [3.63, 3.8) is 0 Å². The van der Waals surface area contributed by atoms with Gasteiger partial charge in [-0.15, -0.1) is 0 Å². The highest BCUT2D eigenvalue weighted by atomic mass is 19.1. The Labute approximate surface area is 146 Å². The summed E-state index contributed by atoms with van der Waals surface area (Å²) in [5, 5.41) is 0. The van der Waals surface area contributed by atoms with Crippen LogP contribution in [-0.4, -0.2) is 55.1 Å². The second-order valence-corrected chi connectivity index (χ2v) is 6.56. The predicted molar refractivity (Wildman–Crippen MR) is 94.9 cm³/mol. The molecule has 2 aromatic rings. The smallest absolute Gasteiger partial charge is 0.226 e. The number of rotatable bonds is 4. The van der Waals surface area contributed by atoms with Crippen LogP contribution in [0.25, 0.3) is 0 Å². The molecule has 134 valence electrons. The molecule has 0 saturated carbocycles. The van der Waals surface area contributed by atoms with E-state index in [0.717, 1.165) is 43.8 Å². The molecule has 1 aliphatic heterocycles. The maximum absolute atomic E-state index is 13.8. The fraction of sp³-hybridized carbons (Fsp3) is 0.444. The van der Waals surface area contributed by atoms with Crippen molar-refractivity contribution in [3.8, 4) is 0 Å². The zero-order valence-electron chi connectivity index (χ0n) is 14.8. The molecule has 3 rings (SSSR count). The Morgan fingerprint density at radius 1 is 1.04 bits per heavy atom. The third-order valence-corrected chi connectivity index (χ3v) is 4.33. The highest BCUT2D eigenvalue weighted by Crippen LogP contribution is 2.19. The number of hydrogen-bond donors (Lipinski definition) is 0. The number of halogens is 2. The van der Waals surface area contributed by atoms with E-state index in [0.29, 0.717) is 18.1 Å². The second-order valence-electron chi connectivity index (χ2n) is 6.56. The molecule has 1 saturated heterocycles. The standard InChI is InChI=1S/C18H23F2N5/c1-13-10-17(22-18(21-13)23(2)3)25-8-6-24(7-9-25)12-14-4-5-15(19)11-16(14)20/h4-5,10-11H,6-9,12H2,1-3H3. The van der Waals surface area contributed by atoms with Gasteiger partial charge in [0, 0.05) is 70.2 Å². The lowest BCUT2D eigenvalue weighted by Gasteiger charge is -2.35. The highest BCUT2D eigenvalue weighted by molar-refractivity contribution is 5.45. The van der Waals surface area contributed by atoms with E-state index in [4.69, 9.17) is 0 Å². The monoisotopic (exact) mass is 347 g/mol. The molecule has 0 N–H and O–H groups in total. The first kappa shape index (κ1) is 17.5. The summed E-state index contributed by atoms with van der Waals surface area (Å²) in [6, 6.07) is 5.76. The van der Waals surface area contributed by atoms with E-state index in [1.807, 2.05) is 32.0 Å². The molecule has 0 bridgehead atoms. The van der Waals surface area contributed by atoms with Gasteiger partial charge in [-0.2, -0.15) is 4.98 Å². The maximum Gasteiger partial charge on any atom is 0.226 e. The lowest BCUT2D eigenvalue weighted by Crippen LogP contribution is -2.46. The van der Waals surface area contributed by atoms with Gasteiger partial charge in [0.15, 0.2) is 0 Å². The van der Waals surface area contributed by atoms with Crippen LogP contribution in [0, 0.1) is 18.6 Å². The number of aromatic nitrogens is 2. The SMILES string of the molecule is Cc1cc(N2CCN(Cc3ccc(F)cc3F)CC2)nc(N(C)C)n1. The van der Waals surface area contributed by atoms with Crippen molar-refractivity contribution in [2.75, 3.05) is 50.1 Å². The van der Waals surface area contributed by atoms with E-state index in [2.05, 4.69) is 19.8 Å². The Hall–Kier alpha value is -2.28. The van der Waals surface area contributed by atoms with E-state index in [1.165, 1.54) is 12.1 Å². The van der Waals surface area contributed by atoms with Crippen LogP contribution < -0.4 is 9.80 Å². The van der Waals surface area contributed by atoms with Crippen molar-refractivity contribution in [3.05, 3.63) is 47.2 Å². The number of hydrogen-bond acceptors (Lipinski definition) is 5. The molecule has 1 aromatic heterocycles. The Kier molecular flexibility index (Phi) is 5.13. The van der Waals surface area contributed by atoms with E-state index in [-0.39, 0.29) is 0 Å². The van der Waals surface area contributed by atoms with Crippen LogP contribution in [0.3, 0.4) is 0 Å². The topological polar surface area (TPSA) is 35.5 Å². The Morgan fingerprint density at radius 2 is 1.76 bits per heavy atom. The third-order valence-electron chi connectivity index (χ3n) is 4.33. The maximum atomic E-state index is 13.8. The first-order chi connectivity index (χ1) is 11.9. The van der Waals surface area contributed by atoms with Gasteiger partial charge in [0.2, 0.25) is 5.95 Å². The van der Waals surface area contributed by atoms with Gasteiger partial charge in [-0.1, -0.05) is 6.07 Å². The summed E-state index contributed by atoms with van der Waals surface area (Å²) in [5.74, 6) is 0.598. The third kappa shape index (κ3) is 4.22. The van der Waals surface area contributed by atoms with Crippen LogP contribution in [0.2, 0.25) is 0 Å². The summed E-state index contributed by atoms with van der Waals surface area (Å²) in [6.45, 7) is 5.68. The molecule has 0 amide bonds. The number of anilines is 2. The van der Waals surface area contributed by atoms with Gasteiger partial charge in [-0.05, 0) is 13.0 Å². The Bertz CT molecular complexity index is 742. The first-order valence-electron chi connectivity index (χ1n) is 8.36. The molecule has 1 aromatic carbocycles. The molecule has 25 heavy (non-hydrogen) atoms. The average Bonchev–Trinajstić information content (AvgIpc) is 2.57. The lowest BCUT2D eigenvalue weighted by molar-refractivity contribution is 0.246. The number of benzene rings is 1. The molecular formula is C18H23F2N5. The van der Waals surface area contributed by atoms with Gasteiger partial charge in [-0.25, -0.2) is 13.8 Å². The van der Waals surface area contributed by atoms with E-state index in [1.54, 1.807) is 0 Å². The van der Waals surface area contributed by atoms with Gasteiger partial charge in [0.05, 0.1) is 0 Å². The second kappa shape index (κ2) is 7.31. The molecule has 0 atom stereocenters. The summed E-state index contributed by atoms with van der Waals surface area (Å²) in [7, 11) is 3.85. The fourth-order valence-corrected chi connectivity index (χ4v) is 2.92. The van der Waals surface area contributed by atoms with Gasteiger partial charge in [-0.3, -0.25) is 4.90 Å². The summed E-state index contributed by atoms with van der Waals surface area (Å²) in [6.07, 6.45) is 0. The van der Waals surface area contributed by atoms with Crippen LogP contribution in [0.4, 0.5) is 20.5 Å². The van der Waals surface area contributed by atoms with Crippen LogP contribution in [0.1, 0.15) is 11.3 Å². The summed E-state index contributed by atoms with van der Waals surface area (Å²) < 4.78 is 26.8. The molecule has 5 nitrogen and oxygen atoms in total. The van der Waals surface area contributed by atoms with E-state index < -0.39 is 11.6 Å². The largest absolute Gasteiger partial charge is 0.354 e. The molecule has 0 unspecified atom stereocenters. The normalized spacial score (nSPS) is 15.5. The minimum atomic E-state index is -0.540. The number of nitrogens with zero attached hydrogens (tertiary/aromatic N) is 5. The minimum Gasteiger partial charge on any atom is -0.354 e. The van der Waals surface area contributed by atoms with Crippen LogP contribution in [0.5, 0.6) is 0 Å². The van der Waals surface area contributed by atoms with Crippen LogP contribution in [0.15, 0.2) is 24.3 Å². The summed E-state index contributed by atoms with van der Waals surface area (Å²) in [4.78, 5) is 15.3. The molecule has 0 spiro atoms. The van der Waals surface area contributed by atoms with E-state index >= 15 is 0 Å². The highest BCUT2D eigenvalue weighted by Gasteiger charge is 2.20. The number of aryl methyl sites for hydroxylation is 1. The van der Waals surface area contributed by atoms with Gasteiger partial charge in [0.25, 0.3) is 0 Å². The molecule has 1 aliphatic rings. The summed E-state index contributed by atoms with van der Waals surface area (Å²) in [5.41, 5.74) is 1.46. The molecular weight excluding hydrogens is 324 g/mol. The van der Waals surface area contributed by atoms with Crippen LogP contribution >= 0.6 is 0 Å². The zero-order valence-corrected chi connectivity index (χ0v) is 14.8. The van der Waals surface area contributed by atoms with Gasteiger partial charge in [0.1, 0.15) is 17.5 Å². The molecule has 0 aliphatic carbocycles. The van der Waals surface area contributed by atoms with Crippen molar-refractivity contribution >= 4 is 11.8 Å². The molecule has 1 fully saturated rings. The Morgan fingerprint density at radius 3 is 2.40 bits per heavy atom. The lowest BCUT2D eigenvalue weighted by atomic mass is 10.1. The first-order valence-corrected chi connectivity index (χ1v) is 8.36. The minimum absolute atomic E-state index is 0.482. The van der Waals surface area contributed by atoms with E-state index in [9.17, 15) is 8.78 Å². The van der Waals surface area contributed by atoms with Crippen molar-refractivity contribution in [1.82, 2.24) is 14.9 Å². The van der Waals surface area contributed by atoms with Crippen molar-refractivity contribution < 1.29 is 8.78 Å². The fourth-order valence-electron chi connectivity index (χ4n) is 2.92. The quantitative estimate of drug-likeness (QED) is 0.849. The molecule has 0 radical (unpaired) electrons. The van der Waals surface area contributed by atoms with Crippen LogP contribution in [-0.2, 0) is 6.54 Å². The van der Waals surface area contributed by atoms with Gasteiger partial charge < -0.3 is 9.80 Å². The van der Waals surface area contributed by atoms with Crippen molar-refractivity contribution in [1.29, 1.82) is 0 Å². The molecule has 2 heterocycles.